The first kappa shape index (κ1) is 18.0. The predicted molar refractivity (Wildman–Crippen MR) is 99.5 cm³/mol. The van der Waals surface area contributed by atoms with Gasteiger partial charge in [-0.2, -0.15) is 0 Å². The van der Waals surface area contributed by atoms with Crippen LogP contribution in [0, 0.1) is 12.8 Å². The van der Waals surface area contributed by atoms with Crippen LogP contribution >= 0.6 is 0 Å². The summed E-state index contributed by atoms with van der Waals surface area (Å²) < 4.78 is 0. The van der Waals surface area contributed by atoms with Crippen LogP contribution < -0.4 is 10.2 Å². The van der Waals surface area contributed by atoms with Crippen LogP contribution in [0.15, 0.2) is 48.5 Å². The maximum Gasteiger partial charge on any atom is 0.227 e. The van der Waals surface area contributed by atoms with Gasteiger partial charge in [0, 0.05) is 30.9 Å². The molecule has 0 radical (unpaired) electrons. The summed E-state index contributed by atoms with van der Waals surface area (Å²) in [7, 11) is 1.92. The molecule has 0 aliphatic rings. The minimum Gasteiger partial charge on any atom is -0.395 e. The van der Waals surface area contributed by atoms with Crippen LogP contribution in [-0.2, 0) is 11.2 Å². The number of aryl methyl sites for hydroxylation is 1. The first-order chi connectivity index (χ1) is 11.5. The van der Waals surface area contributed by atoms with Crippen LogP contribution in [0.5, 0.6) is 0 Å². The second kappa shape index (κ2) is 8.50. The van der Waals surface area contributed by atoms with E-state index in [1.807, 2.05) is 43.1 Å². The number of benzene rings is 2. The Labute approximate surface area is 144 Å². The Kier molecular flexibility index (Phi) is 6.38. The first-order valence-electron chi connectivity index (χ1n) is 8.28. The molecule has 2 aromatic carbocycles. The Morgan fingerprint density at radius 1 is 1.12 bits per heavy atom. The van der Waals surface area contributed by atoms with Crippen LogP contribution in [0.25, 0.3) is 0 Å². The van der Waals surface area contributed by atoms with Gasteiger partial charge in [-0.25, -0.2) is 0 Å². The number of aliphatic hydroxyl groups excluding tert-OH is 1. The van der Waals surface area contributed by atoms with Gasteiger partial charge in [-0.1, -0.05) is 36.8 Å². The summed E-state index contributed by atoms with van der Waals surface area (Å²) in [6.45, 7) is 4.70. The molecule has 0 saturated carbocycles. The smallest absolute Gasteiger partial charge is 0.227 e. The molecule has 0 heterocycles. The number of rotatable bonds is 7. The van der Waals surface area contributed by atoms with Gasteiger partial charge in [-0.15, -0.1) is 0 Å². The molecular weight excluding hydrogens is 300 g/mol. The first-order valence-corrected chi connectivity index (χ1v) is 8.28. The molecule has 0 bridgehead atoms. The Bertz CT molecular complexity index is 650. The number of likely N-dealkylation sites (N-methyl/N-ethyl adjacent to an activating group) is 1. The van der Waals surface area contributed by atoms with Crippen molar-refractivity contribution in [3.63, 3.8) is 0 Å². The molecule has 1 atom stereocenters. The molecule has 1 unspecified atom stereocenters. The molecule has 24 heavy (non-hydrogen) atoms. The summed E-state index contributed by atoms with van der Waals surface area (Å²) in [5.74, 6) is -0.0727. The topological polar surface area (TPSA) is 52.6 Å². The van der Waals surface area contributed by atoms with Gasteiger partial charge < -0.3 is 15.3 Å². The van der Waals surface area contributed by atoms with Gasteiger partial charge in [0.25, 0.3) is 0 Å². The van der Waals surface area contributed by atoms with E-state index in [1.54, 1.807) is 0 Å². The van der Waals surface area contributed by atoms with Gasteiger partial charge in [0.15, 0.2) is 0 Å². The molecule has 128 valence electrons. The summed E-state index contributed by atoms with van der Waals surface area (Å²) in [6.07, 6.45) is 0.726. The van der Waals surface area contributed by atoms with Crippen molar-refractivity contribution in [1.29, 1.82) is 0 Å². The third kappa shape index (κ3) is 5.10. The van der Waals surface area contributed by atoms with E-state index in [4.69, 9.17) is 5.11 Å². The predicted octanol–water partition coefficient (Wildman–Crippen LogP) is 3.24. The lowest BCUT2D eigenvalue weighted by Gasteiger charge is -2.18. The number of hydrogen-bond acceptors (Lipinski definition) is 3. The molecular formula is C20H26N2O2. The highest BCUT2D eigenvalue weighted by Gasteiger charge is 2.14. The zero-order valence-corrected chi connectivity index (χ0v) is 14.6. The number of amides is 1. The van der Waals surface area contributed by atoms with Gasteiger partial charge in [0.1, 0.15) is 0 Å². The molecule has 4 heteroatoms. The quantitative estimate of drug-likeness (QED) is 0.821. The van der Waals surface area contributed by atoms with Crippen LogP contribution in [0.4, 0.5) is 11.4 Å². The van der Waals surface area contributed by atoms with Crippen molar-refractivity contribution in [2.45, 2.75) is 20.3 Å². The second-order valence-electron chi connectivity index (χ2n) is 6.27. The number of carbonyl (C=O) groups is 1. The van der Waals surface area contributed by atoms with Gasteiger partial charge in [-0.3, -0.25) is 4.79 Å². The fraction of sp³-hybridized carbons (Fsp3) is 0.350. The minimum absolute atomic E-state index is 0.0204. The number of anilines is 2. The van der Waals surface area contributed by atoms with E-state index in [0.29, 0.717) is 6.54 Å². The molecule has 2 rings (SSSR count). The lowest BCUT2D eigenvalue weighted by Crippen LogP contribution is -2.23. The SMILES string of the molecule is Cc1ccc(CC(C)C(=O)Nc2ccc(N(C)CCO)cc2)cc1. The molecule has 0 aliphatic heterocycles. The van der Waals surface area contributed by atoms with Gasteiger partial charge in [0.05, 0.1) is 6.61 Å². The summed E-state index contributed by atoms with van der Waals surface area (Å²) in [5.41, 5.74) is 4.19. The third-order valence-electron chi connectivity index (χ3n) is 4.12. The molecule has 1 amide bonds. The Hall–Kier alpha value is -2.33. The lowest BCUT2D eigenvalue weighted by atomic mass is 9.99. The Morgan fingerprint density at radius 3 is 2.33 bits per heavy atom. The Morgan fingerprint density at radius 2 is 1.75 bits per heavy atom. The molecule has 2 N–H and O–H groups in total. The number of nitrogens with zero attached hydrogens (tertiary/aromatic N) is 1. The summed E-state index contributed by atoms with van der Waals surface area (Å²) in [5, 5.41) is 11.9. The third-order valence-corrected chi connectivity index (χ3v) is 4.12. The van der Waals surface area contributed by atoms with Crippen LogP contribution in [0.1, 0.15) is 18.1 Å². The highest BCUT2D eigenvalue weighted by Crippen LogP contribution is 2.18. The second-order valence-corrected chi connectivity index (χ2v) is 6.27. The highest BCUT2D eigenvalue weighted by atomic mass is 16.3. The zero-order valence-electron chi connectivity index (χ0n) is 14.6. The maximum atomic E-state index is 12.4. The van der Waals surface area contributed by atoms with Crippen molar-refractivity contribution in [2.24, 2.45) is 5.92 Å². The number of carbonyl (C=O) groups excluding carboxylic acids is 1. The average molecular weight is 326 g/mol. The van der Waals surface area contributed by atoms with E-state index in [2.05, 4.69) is 36.5 Å². The van der Waals surface area contributed by atoms with Crippen molar-refractivity contribution < 1.29 is 9.90 Å². The van der Waals surface area contributed by atoms with Crippen LogP contribution in [-0.4, -0.2) is 31.2 Å². The zero-order chi connectivity index (χ0) is 17.5. The maximum absolute atomic E-state index is 12.4. The van der Waals surface area contributed by atoms with Crippen molar-refractivity contribution in [3.05, 3.63) is 59.7 Å². The van der Waals surface area contributed by atoms with E-state index in [-0.39, 0.29) is 18.4 Å². The molecule has 2 aromatic rings. The highest BCUT2D eigenvalue weighted by molar-refractivity contribution is 5.92. The van der Waals surface area contributed by atoms with E-state index < -0.39 is 0 Å². The molecule has 4 nitrogen and oxygen atoms in total. The van der Waals surface area contributed by atoms with E-state index in [0.717, 1.165) is 17.8 Å². The number of hydrogen-bond donors (Lipinski definition) is 2. The number of nitrogens with one attached hydrogen (secondary N) is 1. The van der Waals surface area contributed by atoms with Crippen molar-refractivity contribution in [3.8, 4) is 0 Å². The normalized spacial score (nSPS) is 11.8. The summed E-state index contributed by atoms with van der Waals surface area (Å²) >= 11 is 0. The molecule has 0 fully saturated rings. The fourth-order valence-corrected chi connectivity index (χ4v) is 2.51. The van der Waals surface area contributed by atoms with Gasteiger partial charge in [-0.05, 0) is 43.2 Å². The minimum atomic E-state index is -0.0931. The average Bonchev–Trinajstić information content (AvgIpc) is 2.57. The molecule has 0 aromatic heterocycles. The van der Waals surface area contributed by atoms with Crippen molar-refractivity contribution in [1.82, 2.24) is 0 Å². The number of aliphatic hydroxyl groups is 1. The standard InChI is InChI=1S/C20H26N2O2/c1-15-4-6-17(7-5-15)14-16(2)20(24)21-18-8-10-19(11-9-18)22(3)12-13-23/h4-11,16,23H,12-14H2,1-3H3,(H,21,24). The van der Waals surface area contributed by atoms with Crippen LogP contribution in [0.3, 0.4) is 0 Å². The fourth-order valence-electron chi connectivity index (χ4n) is 2.51. The molecule has 0 saturated heterocycles. The largest absolute Gasteiger partial charge is 0.395 e. The molecule has 0 aliphatic carbocycles. The monoisotopic (exact) mass is 326 g/mol. The summed E-state index contributed by atoms with van der Waals surface area (Å²) in [6, 6.07) is 15.9. The van der Waals surface area contributed by atoms with E-state index in [1.165, 1.54) is 11.1 Å². The van der Waals surface area contributed by atoms with E-state index in [9.17, 15) is 4.79 Å². The summed E-state index contributed by atoms with van der Waals surface area (Å²) in [4.78, 5) is 14.3. The Balaban J connectivity index is 1.92. The lowest BCUT2D eigenvalue weighted by molar-refractivity contribution is -0.119. The van der Waals surface area contributed by atoms with E-state index >= 15 is 0 Å². The van der Waals surface area contributed by atoms with Crippen molar-refractivity contribution >= 4 is 17.3 Å². The van der Waals surface area contributed by atoms with Crippen LogP contribution in [0.2, 0.25) is 0 Å². The van der Waals surface area contributed by atoms with Gasteiger partial charge >= 0.3 is 0 Å². The van der Waals surface area contributed by atoms with Crippen molar-refractivity contribution in [2.75, 3.05) is 30.4 Å². The molecule has 0 spiro atoms. The van der Waals surface area contributed by atoms with Gasteiger partial charge in [0.2, 0.25) is 5.91 Å².